The molecular formula is C17H14S. The smallest absolute Gasteiger partial charge is 0.000184 e. The minimum absolute atomic E-state index is 1.29. The molecule has 0 nitrogen and oxygen atoms in total. The van der Waals surface area contributed by atoms with Crippen LogP contribution in [0.25, 0.3) is 22.3 Å². The van der Waals surface area contributed by atoms with Gasteiger partial charge in [0, 0.05) is 11.1 Å². The Bertz CT molecular complexity index is 633. The maximum absolute atomic E-state index is 2.23. The molecule has 0 amide bonds. The van der Waals surface area contributed by atoms with Crippen molar-refractivity contribution in [2.75, 3.05) is 0 Å². The van der Waals surface area contributed by atoms with Gasteiger partial charge in [-0.3, -0.25) is 0 Å². The van der Waals surface area contributed by atoms with Crippen molar-refractivity contribution < 1.29 is 0 Å². The average molecular weight is 250 g/mol. The summed E-state index contributed by atoms with van der Waals surface area (Å²) in [5.41, 5.74) is 6.53. The summed E-state index contributed by atoms with van der Waals surface area (Å²) in [6.45, 7) is 2.12. The Hall–Kier alpha value is -1.86. The number of rotatable bonds is 2. The molecule has 0 atom stereocenters. The number of thiophene rings is 1. The number of hydrogen-bond acceptors (Lipinski definition) is 1. The van der Waals surface area contributed by atoms with Gasteiger partial charge in [0.1, 0.15) is 0 Å². The molecular weight excluding hydrogens is 236 g/mol. The van der Waals surface area contributed by atoms with Gasteiger partial charge in [0.05, 0.1) is 0 Å². The zero-order valence-electron chi connectivity index (χ0n) is 10.3. The Balaban J connectivity index is 2.10. The summed E-state index contributed by atoms with van der Waals surface area (Å²) in [6, 6.07) is 19.3. The number of hydrogen-bond donors (Lipinski definition) is 0. The Kier molecular flexibility index (Phi) is 2.99. The SMILES string of the molecule is Cc1ccc(-c2cscc2-c2ccccc2)cc1. The Labute approximate surface area is 112 Å². The quantitative estimate of drug-likeness (QED) is 0.572. The van der Waals surface area contributed by atoms with Gasteiger partial charge in [-0.25, -0.2) is 0 Å². The van der Waals surface area contributed by atoms with Gasteiger partial charge >= 0.3 is 0 Å². The number of benzene rings is 2. The second kappa shape index (κ2) is 4.79. The van der Waals surface area contributed by atoms with Crippen LogP contribution in [0.5, 0.6) is 0 Å². The zero-order valence-corrected chi connectivity index (χ0v) is 11.1. The first-order chi connectivity index (χ1) is 8.84. The van der Waals surface area contributed by atoms with Crippen LogP contribution >= 0.6 is 11.3 Å². The first-order valence-corrected chi connectivity index (χ1v) is 6.97. The van der Waals surface area contributed by atoms with Crippen LogP contribution in [0.3, 0.4) is 0 Å². The summed E-state index contributed by atoms with van der Waals surface area (Å²) >= 11 is 1.76. The molecule has 0 saturated heterocycles. The molecule has 1 heterocycles. The highest BCUT2D eigenvalue weighted by molar-refractivity contribution is 7.08. The molecule has 0 saturated carbocycles. The lowest BCUT2D eigenvalue weighted by Gasteiger charge is -2.05. The van der Waals surface area contributed by atoms with Crippen molar-refractivity contribution in [1.29, 1.82) is 0 Å². The van der Waals surface area contributed by atoms with E-state index in [4.69, 9.17) is 0 Å². The fourth-order valence-electron chi connectivity index (χ4n) is 2.09. The third-order valence-corrected chi connectivity index (χ3v) is 3.85. The summed E-state index contributed by atoms with van der Waals surface area (Å²) < 4.78 is 0. The summed E-state index contributed by atoms with van der Waals surface area (Å²) in [6.07, 6.45) is 0. The second-order valence-electron chi connectivity index (χ2n) is 4.43. The maximum Gasteiger partial charge on any atom is 0.000184 e. The van der Waals surface area contributed by atoms with E-state index >= 15 is 0 Å². The first-order valence-electron chi connectivity index (χ1n) is 6.03. The van der Waals surface area contributed by atoms with Gasteiger partial charge in [-0.15, -0.1) is 0 Å². The molecule has 0 bridgehead atoms. The van der Waals surface area contributed by atoms with Gasteiger partial charge < -0.3 is 0 Å². The average Bonchev–Trinajstić information content (AvgIpc) is 2.90. The summed E-state index contributed by atoms with van der Waals surface area (Å²) in [4.78, 5) is 0. The summed E-state index contributed by atoms with van der Waals surface area (Å²) in [5, 5.41) is 4.46. The van der Waals surface area contributed by atoms with E-state index in [1.54, 1.807) is 11.3 Å². The zero-order chi connectivity index (χ0) is 12.4. The molecule has 2 aromatic carbocycles. The highest BCUT2D eigenvalue weighted by Gasteiger charge is 2.07. The van der Waals surface area contributed by atoms with Crippen molar-refractivity contribution in [3.05, 3.63) is 70.9 Å². The molecule has 0 radical (unpaired) electrons. The van der Waals surface area contributed by atoms with Crippen molar-refractivity contribution in [1.82, 2.24) is 0 Å². The topological polar surface area (TPSA) is 0 Å². The number of aryl methyl sites for hydroxylation is 1. The van der Waals surface area contributed by atoms with Crippen LogP contribution in [0.1, 0.15) is 5.56 Å². The van der Waals surface area contributed by atoms with Crippen molar-refractivity contribution in [3.8, 4) is 22.3 Å². The highest BCUT2D eigenvalue weighted by Crippen LogP contribution is 2.35. The van der Waals surface area contributed by atoms with Crippen LogP contribution in [0, 0.1) is 6.92 Å². The Morgan fingerprint density at radius 3 is 1.83 bits per heavy atom. The first kappa shape index (κ1) is 11.2. The fraction of sp³-hybridized carbons (Fsp3) is 0.0588. The van der Waals surface area contributed by atoms with E-state index in [1.165, 1.54) is 27.8 Å². The standard InChI is InChI=1S/C17H14S/c1-13-7-9-15(10-8-13)17-12-18-11-16(17)14-5-3-2-4-6-14/h2-12H,1H3. The molecule has 0 N–H and O–H groups in total. The third kappa shape index (κ3) is 2.09. The van der Waals surface area contributed by atoms with E-state index < -0.39 is 0 Å². The van der Waals surface area contributed by atoms with Gasteiger partial charge in [-0.1, -0.05) is 60.2 Å². The van der Waals surface area contributed by atoms with Gasteiger partial charge in [0.25, 0.3) is 0 Å². The van der Waals surface area contributed by atoms with Crippen molar-refractivity contribution in [3.63, 3.8) is 0 Å². The molecule has 0 fully saturated rings. The van der Waals surface area contributed by atoms with Crippen molar-refractivity contribution in [2.24, 2.45) is 0 Å². The van der Waals surface area contributed by atoms with E-state index in [0.29, 0.717) is 0 Å². The molecule has 0 aliphatic rings. The van der Waals surface area contributed by atoms with Gasteiger partial charge in [0.2, 0.25) is 0 Å². The minimum atomic E-state index is 1.29. The Morgan fingerprint density at radius 2 is 1.22 bits per heavy atom. The lowest BCUT2D eigenvalue weighted by atomic mass is 9.99. The molecule has 0 aliphatic carbocycles. The molecule has 1 aromatic heterocycles. The molecule has 18 heavy (non-hydrogen) atoms. The van der Waals surface area contributed by atoms with E-state index in [-0.39, 0.29) is 0 Å². The van der Waals surface area contributed by atoms with Crippen LogP contribution < -0.4 is 0 Å². The van der Waals surface area contributed by atoms with E-state index in [2.05, 4.69) is 72.3 Å². The largest absolute Gasteiger partial charge is 0.151 e. The lowest BCUT2D eigenvalue weighted by Crippen LogP contribution is -1.80. The van der Waals surface area contributed by atoms with Crippen LogP contribution in [0.15, 0.2) is 65.4 Å². The Morgan fingerprint density at radius 1 is 0.667 bits per heavy atom. The molecule has 0 unspecified atom stereocenters. The maximum atomic E-state index is 2.23. The highest BCUT2D eigenvalue weighted by atomic mass is 32.1. The van der Waals surface area contributed by atoms with E-state index in [1.807, 2.05) is 0 Å². The normalized spacial score (nSPS) is 10.5. The van der Waals surface area contributed by atoms with Gasteiger partial charge in [-0.05, 0) is 28.8 Å². The molecule has 1 heteroatoms. The van der Waals surface area contributed by atoms with Crippen LogP contribution in [0.4, 0.5) is 0 Å². The van der Waals surface area contributed by atoms with Crippen LogP contribution in [0.2, 0.25) is 0 Å². The summed E-state index contributed by atoms with van der Waals surface area (Å²) in [5.74, 6) is 0. The van der Waals surface area contributed by atoms with Crippen LogP contribution in [-0.2, 0) is 0 Å². The van der Waals surface area contributed by atoms with Crippen molar-refractivity contribution >= 4 is 11.3 Å². The van der Waals surface area contributed by atoms with E-state index in [9.17, 15) is 0 Å². The lowest BCUT2D eigenvalue weighted by molar-refractivity contribution is 1.47. The molecule has 0 aliphatic heterocycles. The monoisotopic (exact) mass is 250 g/mol. The van der Waals surface area contributed by atoms with Crippen LogP contribution in [-0.4, -0.2) is 0 Å². The van der Waals surface area contributed by atoms with Gasteiger partial charge in [0.15, 0.2) is 0 Å². The van der Waals surface area contributed by atoms with Gasteiger partial charge in [-0.2, -0.15) is 11.3 Å². The minimum Gasteiger partial charge on any atom is -0.151 e. The third-order valence-electron chi connectivity index (χ3n) is 3.11. The molecule has 3 aromatic rings. The molecule has 88 valence electrons. The van der Waals surface area contributed by atoms with Crippen molar-refractivity contribution in [2.45, 2.75) is 6.92 Å². The molecule has 0 spiro atoms. The predicted octanol–water partition coefficient (Wildman–Crippen LogP) is 5.39. The molecule has 3 rings (SSSR count). The fourth-order valence-corrected chi connectivity index (χ4v) is 2.96. The summed E-state index contributed by atoms with van der Waals surface area (Å²) in [7, 11) is 0. The second-order valence-corrected chi connectivity index (χ2v) is 5.17. The van der Waals surface area contributed by atoms with E-state index in [0.717, 1.165) is 0 Å². The predicted molar refractivity (Wildman–Crippen MR) is 79.9 cm³/mol.